The van der Waals surface area contributed by atoms with Gasteiger partial charge in [-0.1, -0.05) is 0 Å². The van der Waals surface area contributed by atoms with Crippen LogP contribution in [-0.4, -0.2) is 50.4 Å². The van der Waals surface area contributed by atoms with E-state index >= 15 is 0 Å². The SMILES string of the molecule is COc1ccc(NC(=O)NCCN2CCCOC2=O)c(C)c1. The Labute approximate surface area is 129 Å². The van der Waals surface area contributed by atoms with Crippen LogP contribution in [0.3, 0.4) is 0 Å². The second-order valence-electron chi connectivity index (χ2n) is 5.02. The van der Waals surface area contributed by atoms with Crippen LogP contribution in [0.1, 0.15) is 12.0 Å². The molecule has 22 heavy (non-hydrogen) atoms. The molecule has 1 aliphatic rings. The van der Waals surface area contributed by atoms with Crippen LogP contribution in [0.2, 0.25) is 0 Å². The zero-order valence-electron chi connectivity index (χ0n) is 12.8. The van der Waals surface area contributed by atoms with Gasteiger partial charge in [-0.2, -0.15) is 0 Å². The van der Waals surface area contributed by atoms with E-state index in [0.29, 0.717) is 26.2 Å². The van der Waals surface area contributed by atoms with Crippen molar-refractivity contribution in [3.8, 4) is 5.75 Å². The van der Waals surface area contributed by atoms with Crippen LogP contribution in [-0.2, 0) is 4.74 Å². The first-order valence-electron chi connectivity index (χ1n) is 7.21. The Balaban J connectivity index is 1.77. The second-order valence-corrected chi connectivity index (χ2v) is 5.02. The highest BCUT2D eigenvalue weighted by Gasteiger charge is 2.18. The average Bonchev–Trinajstić information content (AvgIpc) is 2.51. The standard InChI is InChI=1S/C15H21N3O4/c1-11-10-12(21-2)4-5-13(11)17-14(19)16-6-8-18-7-3-9-22-15(18)20/h4-5,10H,3,6-9H2,1-2H3,(H2,16,17,19). The Hall–Kier alpha value is -2.44. The number of nitrogens with zero attached hydrogens (tertiary/aromatic N) is 1. The number of aryl methyl sites for hydroxylation is 1. The summed E-state index contributed by atoms with van der Waals surface area (Å²) in [6.07, 6.45) is 0.502. The Morgan fingerprint density at radius 2 is 2.27 bits per heavy atom. The first-order chi connectivity index (χ1) is 10.6. The van der Waals surface area contributed by atoms with E-state index in [1.165, 1.54) is 0 Å². The third-order valence-electron chi connectivity index (χ3n) is 3.41. The normalized spacial score (nSPS) is 14.3. The molecule has 0 aromatic heterocycles. The minimum atomic E-state index is -0.320. The molecule has 7 nitrogen and oxygen atoms in total. The fourth-order valence-corrected chi connectivity index (χ4v) is 2.17. The van der Waals surface area contributed by atoms with Gasteiger partial charge in [-0.15, -0.1) is 0 Å². The van der Waals surface area contributed by atoms with Crippen molar-refractivity contribution in [3.05, 3.63) is 23.8 Å². The van der Waals surface area contributed by atoms with E-state index in [1.54, 1.807) is 24.1 Å². The summed E-state index contributed by atoms with van der Waals surface area (Å²) in [7, 11) is 1.60. The van der Waals surface area contributed by atoms with Gasteiger partial charge >= 0.3 is 12.1 Å². The fraction of sp³-hybridized carbons (Fsp3) is 0.467. The van der Waals surface area contributed by atoms with Gasteiger partial charge in [0.25, 0.3) is 0 Å². The lowest BCUT2D eigenvalue weighted by molar-refractivity contribution is 0.0736. The molecule has 0 bridgehead atoms. The summed E-state index contributed by atoms with van der Waals surface area (Å²) in [5, 5.41) is 5.49. The molecule has 7 heteroatoms. The number of benzene rings is 1. The smallest absolute Gasteiger partial charge is 0.409 e. The highest BCUT2D eigenvalue weighted by molar-refractivity contribution is 5.90. The van der Waals surface area contributed by atoms with Gasteiger partial charge in [-0.25, -0.2) is 9.59 Å². The lowest BCUT2D eigenvalue weighted by Gasteiger charge is -2.26. The number of hydrogen-bond donors (Lipinski definition) is 2. The summed E-state index contributed by atoms with van der Waals surface area (Å²) in [5.74, 6) is 0.743. The van der Waals surface area contributed by atoms with E-state index in [0.717, 1.165) is 23.4 Å². The maximum atomic E-state index is 11.9. The summed E-state index contributed by atoms with van der Waals surface area (Å²) in [5.41, 5.74) is 1.63. The molecule has 3 amide bonds. The zero-order chi connectivity index (χ0) is 15.9. The van der Waals surface area contributed by atoms with Crippen molar-refractivity contribution in [2.75, 3.05) is 38.7 Å². The molecule has 0 atom stereocenters. The minimum Gasteiger partial charge on any atom is -0.497 e. The number of rotatable bonds is 5. The first-order valence-corrected chi connectivity index (χ1v) is 7.21. The van der Waals surface area contributed by atoms with Gasteiger partial charge in [-0.3, -0.25) is 0 Å². The van der Waals surface area contributed by atoms with Crippen LogP contribution in [0.15, 0.2) is 18.2 Å². The topological polar surface area (TPSA) is 79.9 Å². The summed E-state index contributed by atoms with van der Waals surface area (Å²) in [4.78, 5) is 24.9. The number of amides is 3. The molecular weight excluding hydrogens is 286 g/mol. The lowest BCUT2D eigenvalue weighted by Crippen LogP contribution is -2.43. The third kappa shape index (κ3) is 4.28. The van der Waals surface area contributed by atoms with Crippen LogP contribution in [0.25, 0.3) is 0 Å². The number of carbonyl (C=O) groups excluding carboxylic acids is 2. The van der Waals surface area contributed by atoms with E-state index in [9.17, 15) is 9.59 Å². The molecule has 0 spiro atoms. The molecule has 1 fully saturated rings. The van der Waals surface area contributed by atoms with Crippen molar-refractivity contribution in [3.63, 3.8) is 0 Å². The molecule has 0 radical (unpaired) electrons. The van der Waals surface area contributed by atoms with Gasteiger partial charge in [0.15, 0.2) is 0 Å². The predicted molar refractivity (Wildman–Crippen MR) is 82.3 cm³/mol. The van der Waals surface area contributed by atoms with Gasteiger partial charge in [0.1, 0.15) is 5.75 Å². The summed E-state index contributed by atoms with van der Waals surface area (Å²) in [6.45, 7) is 3.84. The highest BCUT2D eigenvalue weighted by Crippen LogP contribution is 2.20. The number of anilines is 1. The van der Waals surface area contributed by atoms with Gasteiger partial charge in [0.05, 0.1) is 13.7 Å². The lowest BCUT2D eigenvalue weighted by atomic mass is 10.2. The number of carbonyl (C=O) groups is 2. The van der Waals surface area contributed by atoms with Crippen molar-refractivity contribution in [2.24, 2.45) is 0 Å². The molecule has 1 aromatic carbocycles. The van der Waals surface area contributed by atoms with Crippen LogP contribution in [0, 0.1) is 6.92 Å². The predicted octanol–water partition coefficient (Wildman–Crippen LogP) is 1.97. The Morgan fingerprint density at radius 3 is 2.95 bits per heavy atom. The molecule has 1 saturated heterocycles. The van der Waals surface area contributed by atoms with Crippen molar-refractivity contribution >= 4 is 17.8 Å². The molecule has 1 aliphatic heterocycles. The van der Waals surface area contributed by atoms with Crippen molar-refractivity contribution in [1.82, 2.24) is 10.2 Å². The highest BCUT2D eigenvalue weighted by atomic mass is 16.6. The Kier molecular flexibility index (Phi) is 5.46. The Bertz CT molecular complexity index is 548. The molecule has 0 aliphatic carbocycles. The molecule has 120 valence electrons. The van der Waals surface area contributed by atoms with Crippen LogP contribution >= 0.6 is 0 Å². The van der Waals surface area contributed by atoms with Gasteiger partial charge in [0.2, 0.25) is 0 Å². The van der Waals surface area contributed by atoms with E-state index in [4.69, 9.17) is 9.47 Å². The fourth-order valence-electron chi connectivity index (χ4n) is 2.17. The Morgan fingerprint density at radius 1 is 1.45 bits per heavy atom. The number of urea groups is 1. The quantitative estimate of drug-likeness (QED) is 0.871. The van der Waals surface area contributed by atoms with Gasteiger partial charge in [0, 0.05) is 25.3 Å². The maximum Gasteiger partial charge on any atom is 0.409 e. The van der Waals surface area contributed by atoms with E-state index < -0.39 is 0 Å². The molecule has 1 heterocycles. The zero-order valence-corrected chi connectivity index (χ0v) is 12.8. The van der Waals surface area contributed by atoms with Gasteiger partial charge in [-0.05, 0) is 37.1 Å². The first kappa shape index (κ1) is 15.9. The monoisotopic (exact) mass is 307 g/mol. The summed E-state index contributed by atoms with van der Waals surface area (Å²) in [6, 6.07) is 5.11. The molecule has 0 saturated carbocycles. The number of hydrogen-bond acceptors (Lipinski definition) is 4. The van der Waals surface area contributed by atoms with Crippen LogP contribution in [0.5, 0.6) is 5.75 Å². The number of cyclic esters (lactones) is 1. The molecule has 1 aromatic rings. The largest absolute Gasteiger partial charge is 0.497 e. The second kappa shape index (κ2) is 7.53. The molecule has 2 N–H and O–H groups in total. The summed E-state index contributed by atoms with van der Waals surface area (Å²) >= 11 is 0. The number of nitrogens with one attached hydrogen (secondary N) is 2. The average molecular weight is 307 g/mol. The van der Waals surface area contributed by atoms with Crippen molar-refractivity contribution in [1.29, 1.82) is 0 Å². The number of methoxy groups -OCH3 is 1. The molecular formula is C15H21N3O4. The van der Waals surface area contributed by atoms with Crippen LogP contribution in [0.4, 0.5) is 15.3 Å². The van der Waals surface area contributed by atoms with Crippen LogP contribution < -0.4 is 15.4 Å². The maximum absolute atomic E-state index is 11.9. The van der Waals surface area contributed by atoms with E-state index in [-0.39, 0.29) is 12.1 Å². The molecule has 2 rings (SSSR count). The molecule has 0 unspecified atom stereocenters. The van der Waals surface area contributed by atoms with E-state index in [2.05, 4.69) is 10.6 Å². The van der Waals surface area contributed by atoms with E-state index in [1.807, 2.05) is 13.0 Å². The third-order valence-corrected chi connectivity index (χ3v) is 3.41. The van der Waals surface area contributed by atoms with Gasteiger partial charge < -0.3 is 25.0 Å². The van der Waals surface area contributed by atoms with Crippen molar-refractivity contribution < 1.29 is 19.1 Å². The number of ether oxygens (including phenoxy) is 2. The summed E-state index contributed by atoms with van der Waals surface area (Å²) < 4.78 is 10.0. The van der Waals surface area contributed by atoms with Crippen molar-refractivity contribution in [2.45, 2.75) is 13.3 Å². The minimum absolute atomic E-state index is 0.307.